The average Bonchev–Trinajstić information content (AvgIpc) is 2.61. The monoisotopic (exact) mass is 318 g/mol. The summed E-state index contributed by atoms with van der Waals surface area (Å²) in [6.07, 6.45) is 9.99. The number of hydrogen-bond acceptors (Lipinski definition) is 1. The fourth-order valence-corrected chi connectivity index (χ4v) is 2.90. The van der Waals surface area contributed by atoms with E-state index < -0.39 is 0 Å². The number of carbonyl (C=O) groups is 1. The lowest BCUT2D eigenvalue weighted by molar-refractivity contribution is 0.104. The van der Waals surface area contributed by atoms with Crippen molar-refractivity contribution in [2.45, 2.75) is 39.5 Å². The summed E-state index contributed by atoms with van der Waals surface area (Å²) in [5.41, 5.74) is 5.77. The largest absolute Gasteiger partial charge is 0.289 e. The Morgan fingerprint density at radius 3 is 2.21 bits per heavy atom. The molecule has 0 aliphatic heterocycles. The highest BCUT2D eigenvalue weighted by molar-refractivity contribution is 6.04. The van der Waals surface area contributed by atoms with E-state index in [0.29, 0.717) is 0 Å². The van der Waals surface area contributed by atoms with Crippen molar-refractivity contribution >= 4 is 17.9 Å². The maximum atomic E-state index is 11.8. The summed E-state index contributed by atoms with van der Waals surface area (Å²) in [6.45, 7) is 7.94. The van der Waals surface area contributed by atoms with Gasteiger partial charge in [0.05, 0.1) is 0 Å². The molecule has 0 aliphatic rings. The van der Waals surface area contributed by atoms with E-state index in [1.807, 2.05) is 18.2 Å². The van der Waals surface area contributed by atoms with E-state index in [2.05, 4.69) is 56.8 Å². The third kappa shape index (κ3) is 4.55. The molecule has 0 heterocycles. The van der Waals surface area contributed by atoms with E-state index >= 15 is 0 Å². The maximum Gasteiger partial charge on any atom is 0.185 e. The number of hydrogen-bond donors (Lipinski definition) is 0. The van der Waals surface area contributed by atoms with E-state index in [-0.39, 0.29) is 5.78 Å². The lowest BCUT2D eigenvalue weighted by Crippen LogP contribution is -1.97. The van der Waals surface area contributed by atoms with Crippen LogP contribution < -0.4 is 0 Å². The Bertz CT molecular complexity index is 737. The first-order valence-electron chi connectivity index (χ1n) is 8.75. The lowest BCUT2D eigenvalue weighted by atomic mass is 9.96. The number of aryl methyl sites for hydroxylation is 2. The minimum absolute atomic E-state index is 0.0174. The summed E-state index contributed by atoms with van der Waals surface area (Å²) in [5.74, 6) is -0.0174. The second-order valence-electron chi connectivity index (χ2n) is 6.01. The highest BCUT2D eigenvalue weighted by Crippen LogP contribution is 2.20. The van der Waals surface area contributed by atoms with Crippen molar-refractivity contribution in [3.63, 3.8) is 0 Å². The van der Waals surface area contributed by atoms with Crippen molar-refractivity contribution in [3.8, 4) is 0 Å². The van der Waals surface area contributed by atoms with Gasteiger partial charge in [-0.05, 0) is 47.2 Å². The van der Waals surface area contributed by atoms with Gasteiger partial charge in [0.25, 0.3) is 0 Å². The fourth-order valence-electron chi connectivity index (χ4n) is 2.90. The Hall–Kier alpha value is -2.41. The molecule has 0 saturated carbocycles. The number of benzene rings is 2. The predicted octanol–water partition coefficient (Wildman–Crippen LogP) is 6.13. The van der Waals surface area contributed by atoms with Crippen LogP contribution in [0, 0.1) is 0 Å². The molecule has 0 bridgehead atoms. The lowest BCUT2D eigenvalue weighted by Gasteiger charge is -2.08. The molecule has 124 valence electrons. The first-order chi connectivity index (χ1) is 11.7. The number of carbonyl (C=O) groups excluding carboxylic acids is 1. The number of rotatable bonds is 8. The van der Waals surface area contributed by atoms with Crippen LogP contribution in [0.5, 0.6) is 0 Å². The molecule has 0 unspecified atom stereocenters. The van der Waals surface area contributed by atoms with Crippen molar-refractivity contribution in [2.24, 2.45) is 0 Å². The number of allylic oxidation sites excluding steroid dienone is 1. The van der Waals surface area contributed by atoms with Crippen molar-refractivity contribution in [3.05, 3.63) is 82.9 Å². The molecule has 0 fully saturated rings. The van der Waals surface area contributed by atoms with Crippen LogP contribution >= 0.6 is 0 Å². The molecule has 0 aliphatic carbocycles. The molecule has 2 aromatic rings. The molecular formula is C23H26O. The van der Waals surface area contributed by atoms with Gasteiger partial charge >= 0.3 is 0 Å². The molecule has 0 spiro atoms. The third-order valence-corrected chi connectivity index (χ3v) is 4.15. The van der Waals surface area contributed by atoms with Crippen LogP contribution in [0.2, 0.25) is 0 Å². The standard InChI is InChI=1S/C23H26O/c1-4-9-18-11-7-8-12-19(18)13-14-20-15-16-22(23(24)6-3)17-21(20)10-5-2/h6-8,11-17H,3-5,9-10H2,1-2H3/b14-13+. The molecular weight excluding hydrogens is 292 g/mol. The summed E-state index contributed by atoms with van der Waals surface area (Å²) in [6, 6.07) is 14.5. The predicted molar refractivity (Wildman–Crippen MR) is 104 cm³/mol. The zero-order chi connectivity index (χ0) is 17.4. The normalized spacial score (nSPS) is 10.9. The molecule has 0 aromatic heterocycles. The molecule has 0 N–H and O–H groups in total. The molecule has 2 rings (SSSR count). The van der Waals surface area contributed by atoms with Gasteiger partial charge in [-0.1, -0.05) is 81.8 Å². The Morgan fingerprint density at radius 1 is 0.917 bits per heavy atom. The van der Waals surface area contributed by atoms with Gasteiger partial charge in [0.15, 0.2) is 5.78 Å². The molecule has 24 heavy (non-hydrogen) atoms. The van der Waals surface area contributed by atoms with Gasteiger partial charge in [0, 0.05) is 5.56 Å². The van der Waals surface area contributed by atoms with Crippen LogP contribution in [-0.2, 0) is 12.8 Å². The average molecular weight is 318 g/mol. The summed E-state index contributed by atoms with van der Waals surface area (Å²) < 4.78 is 0. The van der Waals surface area contributed by atoms with E-state index in [4.69, 9.17) is 0 Å². The molecule has 2 aromatic carbocycles. The highest BCUT2D eigenvalue weighted by atomic mass is 16.1. The minimum atomic E-state index is -0.0174. The van der Waals surface area contributed by atoms with Crippen molar-refractivity contribution in [1.29, 1.82) is 0 Å². The second-order valence-corrected chi connectivity index (χ2v) is 6.01. The second kappa shape index (κ2) is 9.02. The quantitative estimate of drug-likeness (QED) is 0.325. The Kier molecular flexibility index (Phi) is 6.74. The van der Waals surface area contributed by atoms with E-state index in [0.717, 1.165) is 31.2 Å². The van der Waals surface area contributed by atoms with Gasteiger partial charge in [-0.25, -0.2) is 0 Å². The Morgan fingerprint density at radius 2 is 1.54 bits per heavy atom. The highest BCUT2D eigenvalue weighted by Gasteiger charge is 2.06. The van der Waals surface area contributed by atoms with Crippen LogP contribution in [0.15, 0.2) is 55.1 Å². The van der Waals surface area contributed by atoms with Gasteiger partial charge in [-0.15, -0.1) is 0 Å². The number of ketones is 1. The smallest absolute Gasteiger partial charge is 0.185 e. The van der Waals surface area contributed by atoms with Gasteiger partial charge in [0.1, 0.15) is 0 Å². The summed E-state index contributed by atoms with van der Waals surface area (Å²) >= 11 is 0. The molecule has 0 radical (unpaired) electrons. The fraction of sp³-hybridized carbons (Fsp3) is 0.261. The maximum absolute atomic E-state index is 11.8. The van der Waals surface area contributed by atoms with Gasteiger partial charge in [-0.2, -0.15) is 0 Å². The minimum Gasteiger partial charge on any atom is -0.289 e. The SMILES string of the molecule is C=CC(=O)c1ccc(/C=C/c2ccccc2CCC)c(CCC)c1. The van der Waals surface area contributed by atoms with E-state index in [1.54, 1.807) is 0 Å². The first kappa shape index (κ1) is 17.9. The van der Waals surface area contributed by atoms with Gasteiger partial charge < -0.3 is 0 Å². The molecule has 0 amide bonds. The zero-order valence-corrected chi connectivity index (χ0v) is 14.7. The van der Waals surface area contributed by atoms with E-state index in [1.165, 1.54) is 28.3 Å². The summed E-state index contributed by atoms with van der Waals surface area (Å²) in [5, 5.41) is 0. The molecule has 1 nitrogen and oxygen atoms in total. The van der Waals surface area contributed by atoms with Crippen molar-refractivity contribution in [2.75, 3.05) is 0 Å². The third-order valence-electron chi connectivity index (χ3n) is 4.15. The van der Waals surface area contributed by atoms with Crippen LogP contribution in [-0.4, -0.2) is 5.78 Å². The summed E-state index contributed by atoms with van der Waals surface area (Å²) in [4.78, 5) is 11.8. The van der Waals surface area contributed by atoms with E-state index in [9.17, 15) is 4.79 Å². The van der Waals surface area contributed by atoms with Crippen LogP contribution in [0.25, 0.3) is 12.2 Å². The molecule has 0 atom stereocenters. The van der Waals surface area contributed by atoms with Crippen LogP contribution in [0.3, 0.4) is 0 Å². The first-order valence-corrected chi connectivity index (χ1v) is 8.75. The van der Waals surface area contributed by atoms with Crippen molar-refractivity contribution < 1.29 is 4.79 Å². The van der Waals surface area contributed by atoms with Gasteiger partial charge in [0.2, 0.25) is 0 Å². The topological polar surface area (TPSA) is 17.1 Å². The zero-order valence-electron chi connectivity index (χ0n) is 14.7. The molecule has 1 heteroatoms. The van der Waals surface area contributed by atoms with Crippen LogP contribution in [0.1, 0.15) is 59.3 Å². The summed E-state index contributed by atoms with van der Waals surface area (Å²) in [7, 11) is 0. The Labute approximate surface area is 145 Å². The van der Waals surface area contributed by atoms with Crippen LogP contribution in [0.4, 0.5) is 0 Å². The van der Waals surface area contributed by atoms with Gasteiger partial charge in [-0.3, -0.25) is 4.79 Å². The Balaban J connectivity index is 2.34. The molecule has 0 saturated heterocycles. The van der Waals surface area contributed by atoms with Crippen molar-refractivity contribution in [1.82, 2.24) is 0 Å².